The van der Waals surface area contributed by atoms with E-state index in [0.717, 1.165) is 12.3 Å². The smallest absolute Gasteiger partial charge is 0.0258 e. The summed E-state index contributed by atoms with van der Waals surface area (Å²) in [7, 11) is 0. The molecule has 0 aromatic carbocycles. The van der Waals surface area contributed by atoms with Crippen LogP contribution in [0.25, 0.3) is 0 Å². The standard InChI is InChI=1S/C12H19Cl/c13-11-7-6-10-12-8-4-2-1-3-5-9-12/h6,8,10H,1-5,7,9,11H2/b10-6+,12-8?. The molecule has 0 saturated carbocycles. The fourth-order valence-electron chi connectivity index (χ4n) is 1.67. The molecular formula is C12H19Cl. The Morgan fingerprint density at radius 1 is 1.23 bits per heavy atom. The average Bonchev–Trinajstić information content (AvgIpc) is 2.08. The van der Waals surface area contributed by atoms with Crippen molar-refractivity contribution in [2.24, 2.45) is 0 Å². The van der Waals surface area contributed by atoms with Crippen LogP contribution >= 0.6 is 11.6 Å². The third-order valence-electron chi connectivity index (χ3n) is 2.43. The highest BCUT2D eigenvalue weighted by Crippen LogP contribution is 2.17. The molecule has 0 N–H and O–H groups in total. The van der Waals surface area contributed by atoms with Crippen molar-refractivity contribution in [2.45, 2.75) is 44.9 Å². The van der Waals surface area contributed by atoms with Gasteiger partial charge in [0.1, 0.15) is 0 Å². The molecule has 0 fully saturated rings. The number of alkyl halides is 1. The minimum atomic E-state index is 0.740. The van der Waals surface area contributed by atoms with E-state index in [1.54, 1.807) is 0 Å². The third kappa shape index (κ3) is 5.15. The fourth-order valence-corrected chi connectivity index (χ4v) is 1.79. The number of hydrogen-bond donors (Lipinski definition) is 0. The first-order valence-corrected chi connectivity index (χ1v) is 5.88. The molecule has 1 aliphatic rings. The number of halogens is 1. The van der Waals surface area contributed by atoms with Gasteiger partial charge in [0.2, 0.25) is 0 Å². The normalized spacial score (nSPS) is 19.6. The van der Waals surface area contributed by atoms with Crippen LogP contribution in [0.4, 0.5) is 0 Å². The summed E-state index contributed by atoms with van der Waals surface area (Å²) in [4.78, 5) is 0. The molecule has 13 heavy (non-hydrogen) atoms. The lowest BCUT2D eigenvalue weighted by molar-refractivity contribution is 0.629. The lowest BCUT2D eigenvalue weighted by Crippen LogP contribution is -1.87. The Morgan fingerprint density at radius 3 is 2.92 bits per heavy atom. The minimum Gasteiger partial charge on any atom is -0.126 e. The number of rotatable bonds is 3. The highest BCUT2D eigenvalue weighted by Gasteiger charge is 1.98. The second-order valence-corrected chi connectivity index (χ2v) is 3.99. The molecule has 74 valence electrons. The molecule has 1 heteroatoms. The molecule has 0 aliphatic heterocycles. The molecule has 0 unspecified atom stereocenters. The number of allylic oxidation sites excluding steroid dienone is 4. The molecule has 0 amide bonds. The highest BCUT2D eigenvalue weighted by atomic mass is 35.5. The molecule has 0 aromatic rings. The number of hydrogen-bond acceptors (Lipinski definition) is 0. The van der Waals surface area contributed by atoms with E-state index in [4.69, 9.17) is 11.6 Å². The molecule has 1 rings (SSSR count). The van der Waals surface area contributed by atoms with Crippen LogP contribution in [0.3, 0.4) is 0 Å². The first kappa shape index (κ1) is 10.8. The predicted octanol–water partition coefficient (Wildman–Crippen LogP) is 4.45. The lowest BCUT2D eigenvalue weighted by atomic mass is 10.00. The zero-order chi connectivity index (χ0) is 9.36. The second-order valence-electron chi connectivity index (χ2n) is 3.61. The quantitative estimate of drug-likeness (QED) is 0.588. The van der Waals surface area contributed by atoms with Gasteiger partial charge in [0.15, 0.2) is 0 Å². The van der Waals surface area contributed by atoms with Crippen LogP contribution in [0.1, 0.15) is 44.9 Å². The van der Waals surface area contributed by atoms with Crippen LogP contribution < -0.4 is 0 Å². The maximum atomic E-state index is 5.61. The van der Waals surface area contributed by atoms with Gasteiger partial charge in [-0.1, -0.05) is 36.6 Å². The van der Waals surface area contributed by atoms with Gasteiger partial charge in [-0.15, -0.1) is 11.6 Å². The van der Waals surface area contributed by atoms with Gasteiger partial charge in [-0.25, -0.2) is 0 Å². The van der Waals surface area contributed by atoms with E-state index in [1.807, 2.05) is 0 Å². The van der Waals surface area contributed by atoms with E-state index < -0.39 is 0 Å². The SMILES string of the molecule is ClCC/C=C/C1=CCCCCCC1. The highest BCUT2D eigenvalue weighted by molar-refractivity contribution is 6.17. The second kappa shape index (κ2) is 7.20. The van der Waals surface area contributed by atoms with Gasteiger partial charge >= 0.3 is 0 Å². The minimum absolute atomic E-state index is 0.740. The Labute approximate surface area is 86.7 Å². The molecule has 0 spiro atoms. The molecule has 1 aliphatic carbocycles. The van der Waals surface area contributed by atoms with E-state index >= 15 is 0 Å². The van der Waals surface area contributed by atoms with Gasteiger partial charge in [0.25, 0.3) is 0 Å². The average molecular weight is 199 g/mol. The maximum absolute atomic E-state index is 5.61. The van der Waals surface area contributed by atoms with Gasteiger partial charge in [-0.3, -0.25) is 0 Å². The fraction of sp³-hybridized carbons (Fsp3) is 0.667. The van der Waals surface area contributed by atoms with E-state index in [2.05, 4.69) is 18.2 Å². The molecule has 0 radical (unpaired) electrons. The van der Waals surface area contributed by atoms with Crippen LogP contribution in [0, 0.1) is 0 Å². The summed E-state index contributed by atoms with van der Waals surface area (Å²) in [6, 6.07) is 0. The van der Waals surface area contributed by atoms with Gasteiger partial charge in [0, 0.05) is 5.88 Å². The maximum Gasteiger partial charge on any atom is 0.0258 e. The zero-order valence-electron chi connectivity index (χ0n) is 8.27. The van der Waals surface area contributed by atoms with Crippen LogP contribution in [0.2, 0.25) is 0 Å². The van der Waals surface area contributed by atoms with Gasteiger partial charge < -0.3 is 0 Å². The summed E-state index contributed by atoms with van der Waals surface area (Å²) in [5.74, 6) is 0.740. The molecule has 0 saturated heterocycles. The van der Waals surface area contributed by atoms with Crippen LogP contribution in [0.15, 0.2) is 23.8 Å². The molecule has 0 bridgehead atoms. The van der Waals surface area contributed by atoms with Gasteiger partial charge in [-0.2, -0.15) is 0 Å². The van der Waals surface area contributed by atoms with E-state index in [-0.39, 0.29) is 0 Å². The zero-order valence-corrected chi connectivity index (χ0v) is 9.02. The Bertz CT molecular complexity index is 180. The summed E-state index contributed by atoms with van der Waals surface area (Å²) < 4.78 is 0. The Kier molecular flexibility index (Phi) is 6.01. The molecule has 0 heterocycles. The van der Waals surface area contributed by atoms with Gasteiger partial charge in [0.05, 0.1) is 0 Å². The molecule has 0 nitrogen and oxygen atoms in total. The Balaban J connectivity index is 2.35. The van der Waals surface area contributed by atoms with Crippen molar-refractivity contribution in [3.05, 3.63) is 23.8 Å². The van der Waals surface area contributed by atoms with E-state index in [0.29, 0.717) is 0 Å². The first-order chi connectivity index (χ1) is 6.43. The summed E-state index contributed by atoms with van der Waals surface area (Å²) in [5, 5.41) is 0. The molecular weight excluding hydrogens is 180 g/mol. The monoisotopic (exact) mass is 198 g/mol. The first-order valence-electron chi connectivity index (χ1n) is 5.35. The van der Waals surface area contributed by atoms with Crippen molar-refractivity contribution < 1.29 is 0 Å². The van der Waals surface area contributed by atoms with Crippen molar-refractivity contribution >= 4 is 11.6 Å². The van der Waals surface area contributed by atoms with Crippen LogP contribution in [-0.2, 0) is 0 Å². The summed E-state index contributed by atoms with van der Waals surface area (Å²) in [5.41, 5.74) is 1.52. The van der Waals surface area contributed by atoms with Crippen LogP contribution in [0.5, 0.6) is 0 Å². The molecule has 0 atom stereocenters. The summed E-state index contributed by atoms with van der Waals surface area (Å²) in [6.45, 7) is 0. The van der Waals surface area contributed by atoms with E-state index in [1.165, 1.54) is 44.1 Å². The van der Waals surface area contributed by atoms with Crippen molar-refractivity contribution in [1.82, 2.24) is 0 Å². The van der Waals surface area contributed by atoms with Crippen molar-refractivity contribution in [3.63, 3.8) is 0 Å². The van der Waals surface area contributed by atoms with Crippen molar-refractivity contribution in [2.75, 3.05) is 5.88 Å². The van der Waals surface area contributed by atoms with Crippen molar-refractivity contribution in [1.29, 1.82) is 0 Å². The van der Waals surface area contributed by atoms with Gasteiger partial charge in [-0.05, 0) is 32.1 Å². The van der Waals surface area contributed by atoms with Crippen molar-refractivity contribution in [3.8, 4) is 0 Å². The lowest BCUT2D eigenvalue weighted by Gasteiger charge is -2.07. The van der Waals surface area contributed by atoms with Crippen LogP contribution in [-0.4, -0.2) is 5.88 Å². The Morgan fingerprint density at radius 2 is 2.08 bits per heavy atom. The van der Waals surface area contributed by atoms with E-state index in [9.17, 15) is 0 Å². The molecule has 0 aromatic heterocycles. The third-order valence-corrected chi connectivity index (χ3v) is 2.65. The largest absolute Gasteiger partial charge is 0.126 e. The summed E-state index contributed by atoms with van der Waals surface area (Å²) in [6.07, 6.45) is 15.9. The predicted molar refractivity (Wildman–Crippen MR) is 60.3 cm³/mol. The topological polar surface area (TPSA) is 0 Å². The summed E-state index contributed by atoms with van der Waals surface area (Å²) >= 11 is 5.61. The Hall–Kier alpha value is -0.230.